The summed E-state index contributed by atoms with van der Waals surface area (Å²) >= 11 is 0. The molecule has 0 spiro atoms. The van der Waals surface area contributed by atoms with Gasteiger partial charge in [-0.15, -0.1) is 0 Å². The third kappa shape index (κ3) is 7.09. The lowest BCUT2D eigenvalue weighted by Gasteiger charge is -2.17. The predicted octanol–water partition coefficient (Wildman–Crippen LogP) is 6.02. The van der Waals surface area contributed by atoms with E-state index in [4.69, 9.17) is 15.0 Å². The molecule has 0 heterocycles. The lowest BCUT2D eigenvalue weighted by atomic mass is 9.98. The summed E-state index contributed by atoms with van der Waals surface area (Å²) in [4.78, 5) is 38.9. The van der Waals surface area contributed by atoms with Gasteiger partial charge in [0.25, 0.3) is 0 Å². The van der Waals surface area contributed by atoms with Crippen molar-refractivity contribution in [3.05, 3.63) is 99.9 Å². The Labute approximate surface area is 230 Å². The Bertz CT molecular complexity index is 1380. The van der Waals surface area contributed by atoms with Crippen molar-refractivity contribution >= 4 is 23.8 Å². The number of carboxylic acids is 1. The molecule has 11 heteroatoms. The van der Waals surface area contributed by atoms with Crippen LogP contribution in [-0.4, -0.2) is 42.5 Å². The highest BCUT2D eigenvalue weighted by Crippen LogP contribution is 2.44. The number of benzene rings is 3. The van der Waals surface area contributed by atoms with Crippen LogP contribution in [-0.2, 0) is 20.9 Å². The van der Waals surface area contributed by atoms with Crippen molar-refractivity contribution in [3.63, 3.8) is 0 Å². The third-order valence-corrected chi connectivity index (χ3v) is 6.63. The van der Waals surface area contributed by atoms with Crippen molar-refractivity contribution in [1.29, 1.82) is 0 Å². The normalized spacial score (nSPS) is 12.3. The number of carbonyl (C=O) groups excluding carboxylic acids is 2. The van der Waals surface area contributed by atoms with Crippen molar-refractivity contribution in [2.45, 2.75) is 37.8 Å². The summed E-state index contributed by atoms with van der Waals surface area (Å²) in [7, 11) is 0. The molecule has 0 fully saturated rings. The number of amides is 2. The summed E-state index contributed by atoms with van der Waals surface area (Å²) in [6.45, 7) is 0.284. The molecule has 3 aromatic carbocycles. The minimum Gasteiger partial charge on any atom is -0.480 e. The molecule has 0 unspecified atom stereocenters. The molecule has 4 rings (SSSR count). The van der Waals surface area contributed by atoms with Crippen LogP contribution in [0.1, 0.15) is 41.9 Å². The van der Waals surface area contributed by atoms with E-state index in [1.54, 1.807) is 24.3 Å². The fourth-order valence-electron chi connectivity index (χ4n) is 4.68. The summed E-state index contributed by atoms with van der Waals surface area (Å²) in [5, 5.41) is 18.1. The average molecular weight is 544 g/mol. The zero-order valence-corrected chi connectivity index (χ0v) is 21.7. The molecule has 0 saturated carbocycles. The minimum absolute atomic E-state index is 0.0633. The molecule has 0 bridgehead atoms. The first-order valence-electron chi connectivity index (χ1n) is 12.9. The molecule has 11 nitrogen and oxygen atoms in total. The van der Waals surface area contributed by atoms with Gasteiger partial charge in [-0.25, -0.2) is 14.4 Å². The van der Waals surface area contributed by atoms with Crippen LogP contribution in [0.4, 0.5) is 15.3 Å². The maximum atomic E-state index is 12.5. The first-order valence-corrected chi connectivity index (χ1v) is 12.9. The molecule has 1 atom stereocenters. The molecule has 1 aliphatic rings. The second-order valence-electron chi connectivity index (χ2n) is 9.18. The summed E-state index contributed by atoms with van der Waals surface area (Å²) in [6, 6.07) is 21.5. The number of nitrogens with one attached hydrogen (secondary N) is 2. The molecule has 40 heavy (non-hydrogen) atoms. The molecular weight excluding hydrogens is 514 g/mol. The molecule has 0 aliphatic heterocycles. The van der Waals surface area contributed by atoms with Gasteiger partial charge in [-0.2, -0.15) is 0 Å². The summed E-state index contributed by atoms with van der Waals surface area (Å²) in [5.41, 5.74) is 13.9. The van der Waals surface area contributed by atoms with Crippen LogP contribution in [0.15, 0.2) is 77.9 Å². The van der Waals surface area contributed by atoms with Gasteiger partial charge in [0, 0.05) is 23.1 Å². The summed E-state index contributed by atoms with van der Waals surface area (Å²) in [6.07, 6.45) is -0.379. The van der Waals surface area contributed by atoms with Gasteiger partial charge in [-0.1, -0.05) is 77.9 Å². The molecule has 3 aromatic rings. The van der Waals surface area contributed by atoms with E-state index in [9.17, 15) is 19.5 Å². The van der Waals surface area contributed by atoms with Gasteiger partial charge >= 0.3 is 18.2 Å². The number of aliphatic carboxylic acids is 1. The van der Waals surface area contributed by atoms with E-state index in [0.717, 1.165) is 22.3 Å². The topological polar surface area (TPSA) is 163 Å². The number of unbranched alkanes of at least 4 members (excludes halogenated alkanes) is 1. The number of rotatable bonds is 12. The van der Waals surface area contributed by atoms with E-state index in [0.29, 0.717) is 24.1 Å². The van der Waals surface area contributed by atoms with Crippen molar-refractivity contribution in [2.24, 2.45) is 5.11 Å². The Morgan fingerprint density at radius 3 is 2.23 bits per heavy atom. The number of carbonyl (C=O) groups is 3. The Hall–Kier alpha value is -5.02. The van der Waals surface area contributed by atoms with Crippen molar-refractivity contribution < 1.29 is 29.0 Å². The van der Waals surface area contributed by atoms with Gasteiger partial charge in [0.15, 0.2) is 0 Å². The van der Waals surface area contributed by atoms with E-state index in [1.165, 1.54) is 0 Å². The lowest BCUT2D eigenvalue weighted by molar-refractivity contribution is -0.139. The van der Waals surface area contributed by atoms with E-state index in [2.05, 4.69) is 20.7 Å². The first-order chi connectivity index (χ1) is 19.5. The smallest absolute Gasteiger partial charge is 0.407 e. The Kier molecular flexibility index (Phi) is 9.58. The van der Waals surface area contributed by atoms with Crippen LogP contribution in [0.25, 0.3) is 21.6 Å². The third-order valence-electron chi connectivity index (χ3n) is 6.63. The highest BCUT2D eigenvalue weighted by molar-refractivity contribution is 5.81. The van der Waals surface area contributed by atoms with Gasteiger partial charge in [0.05, 0.1) is 0 Å². The zero-order chi connectivity index (χ0) is 28.3. The van der Waals surface area contributed by atoms with Gasteiger partial charge in [-0.3, -0.25) is 0 Å². The molecular formula is C29H29N5O6. The quantitative estimate of drug-likeness (QED) is 0.109. The number of hydrogen-bond donors (Lipinski definition) is 3. The Morgan fingerprint density at radius 2 is 1.55 bits per heavy atom. The average Bonchev–Trinajstić information content (AvgIpc) is 3.28. The van der Waals surface area contributed by atoms with Crippen LogP contribution in [0, 0.1) is 0 Å². The van der Waals surface area contributed by atoms with Gasteiger partial charge < -0.3 is 25.2 Å². The SMILES string of the molecule is [N-]=[N+]=Nc1ccccc1COC(=O)NCCCC[C@H](NC(=O)OCC1c2ccccc2-c2ccccc21)C(=O)O. The van der Waals surface area contributed by atoms with Crippen LogP contribution in [0.3, 0.4) is 0 Å². The number of hydrogen-bond acceptors (Lipinski definition) is 6. The number of fused-ring (bicyclic) bond motifs is 3. The van der Waals surface area contributed by atoms with Gasteiger partial charge in [0.1, 0.15) is 19.3 Å². The predicted molar refractivity (Wildman–Crippen MR) is 147 cm³/mol. The molecule has 0 saturated heterocycles. The van der Waals surface area contributed by atoms with Crippen LogP contribution >= 0.6 is 0 Å². The Morgan fingerprint density at radius 1 is 0.900 bits per heavy atom. The number of azide groups is 1. The van der Waals surface area contributed by atoms with E-state index >= 15 is 0 Å². The number of nitrogens with zero attached hydrogens (tertiary/aromatic N) is 3. The lowest BCUT2D eigenvalue weighted by Crippen LogP contribution is -2.41. The molecule has 2 amide bonds. The second-order valence-corrected chi connectivity index (χ2v) is 9.18. The first kappa shape index (κ1) is 28.0. The second kappa shape index (κ2) is 13.7. The van der Waals surface area contributed by atoms with Crippen molar-refractivity contribution in [1.82, 2.24) is 10.6 Å². The van der Waals surface area contributed by atoms with Crippen LogP contribution in [0.5, 0.6) is 0 Å². The largest absolute Gasteiger partial charge is 0.480 e. The highest BCUT2D eigenvalue weighted by Gasteiger charge is 2.29. The standard InChI is InChI=1S/C29H29N5O6/c30-34-33-25-14-6-1-9-19(25)17-39-28(37)31-16-8-7-15-26(27(35)36)32-29(38)40-18-24-22-12-4-2-10-20(22)21-11-3-5-13-23(21)24/h1-6,9-14,24,26H,7-8,15-18H2,(H,31,37)(H,32,38)(H,35,36)/t26-/m0/s1. The maximum Gasteiger partial charge on any atom is 0.407 e. The van der Waals surface area contributed by atoms with Gasteiger partial charge in [-0.05, 0) is 52.6 Å². The number of carboxylic acid groups (broad SMARTS) is 1. The van der Waals surface area contributed by atoms with E-state index in [-0.39, 0.29) is 32.1 Å². The monoisotopic (exact) mass is 543 g/mol. The summed E-state index contributed by atoms with van der Waals surface area (Å²) in [5.74, 6) is -1.29. The fraction of sp³-hybridized carbons (Fsp3) is 0.276. The minimum atomic E-state index is -1.17. The van der Waals surface area contributed by atoms with Crippen LogP contribution < -0.4 is 10.6 Å². The number of ether oxygens (including phenoxy) is 2. The van der Waals surface area contributed by atoms with E-state index in [1.807, 2.05) is 48.5 Å². The fourth-order valence-corrected chi connectivity index (χ4v) is 4.68. The zero-order valence-electron chi connectivity index (χ0n) is 21.7. The molecule has 0 aromatic heterocycles. The molecule has 1 aliphatic carbocycles. The molecule has 206 valence electrons. The van der Waals surface area contributed by atoms with Crippen molar-refractivity contribution in [2.75, 3.05) is 13.2 Å². The molecule has 3 N–H and O–H groups in total. The Balaban J connectivity index is 1.18. The molecule has 0 radical (unpaired) electrons. The number of alkyl carbamates (subject to hydrolysis) is 2. The van der Waals surface area contributed by atoms with Gasteiger partial charge in [0.2, 0.25) is 0 Å². The highest BCUT2D eigenvalue weighted by atomic mass is 16.6. The van der Waals surface area contributed by atoms with Crippen molar-refractivity contribution in [3.8, 4) is 11.1 Å². The van der Waals surface area contributed by atoms with E-state index < -0.39 is 24.2 Å². The van der Waals surface area contributed by atoms with Crippen LogP contribution in [0.2, 0.25) is 0 Å². The summed E-state index contributed by atoms with van der Waals surface area (Å²) < 4.78 is 10.6. The maximum absolute atomic E-state index is 12.5.